The Bertz CT molecular complexity index is 461. The fourth-order valence-corrected chi connectivity index (χ4v) is 1.86. The van der Waals surface area contributed by atoms with Gasteiger partial charge in [-0.3, -0.25) is 0 Å². The second-order valence-corrected chi connectivity index (χ2v) is 4.16. The quantitative estimate of drug-likeness (QED) is 0.880. The molecule has 1 aromatic carbocycles. The lowest BCUT2D eigenvalue weighted by Crippen LogP contribution is -2.16. The largest absolute Gasteiger partial charge is 0.464 e. The van der Waals surface area contributed by atoms with Crippen LogP contribution in [0.5, 0.6) is 0 Å². The minimum atomic E-state index is 0.0750. The van der Waals surface area contributed by atoms with E-state index in [1.165, 1.54) is 0 Å². The summed E-state index contributed by atoms with van der Waals surface area (Å²) in [6, 6.07) is 11.8. The predicted molar refractivity (Wildman–Crippen MR) is 65.8 cm³/mol. The van der Waals surface area contributed by atoms with Gasteiger partial charge in [-0.25, -0.2) is 0 Å². The Hall–Kier alpha value is -1.25. The number of aryl methyl sites for hydroxylation is 1. The van der Waals surface area contributed by atoms with E-state index < -0.39 is 0 Å². The highest BCUT2D eigenvalue weighted by Gasteiger charge is 2.14. The average molecular weight is 236 g/mol. The molecular formula is C13H14ClNO. The predicted octanol–water partition coefficient (Wildman–Crippen LogP) is 3.55. The lowest BCUT2D eigenvalue weighted by molar-refractivity contribution is 0.444. The van der Waals surface area contributed by atoms with Crippen LogP contribution in [-0.4, -0.2) is 7.05 Å². The highest BCUT2D eigenvalue weighted by molar-refractivity contribution is 6.30. The Kier molecular flexibility index (Phi) is 3.32. The molecule has 0 bridgehead atoms. The van der Waals surface area contributed by atoms with E-state index in [-0.39, 0.29) is 6.04 Å². The summed E-state index contributed by atoms with van der Waals surface area (Å²) in [4.78, 5) is 0. The minimum Gasteiger partial charge on any atom is -0.464 e. The monoisotopic (exact) mass is 235 g/mol. The first-order valence-corrected chi connectivity index (χ1v) is 5.57. The smallest absolute Gasteiger partial charge is 0.125 e. The van der Waals surface area contributed by atoms with Gasteiger partial charge in [0, 0.05) is 5.02 Å². The van der Waals surface area contributed by atoms with Gasteiger partial charge in [0.15, 0.2) is 0 Å². The summed E-state index contributed by atoms with van der Waals surface area (Å²) in [5.74, 6) is 1.84. The van der Waals surface area contributed by atoms with Gasteiger partial charge in [-0.15, -0.1) is 0 Å². The van der Waals surface area contributed by atoms with Crippen LogP contribution in [0.15, 0.2) is 40.8 Å². The second-order valence-electron chi connectivity index (χ2n) is 3.72. The summed E-state index contributed by atoms with van der Waals surface area (Å²) in [6.07, 6.45) is 0. The van der Waals surface area contributed by atoms with E-state index in [1.807, 2.05) is 50.4 Å². The molecule has 0 amide bonds. The summed E-state index contributed by atoms with van der Waals surface area (Å²) < 4.78 is 5.63. The molecule has 2 aromatic rings. The van der Waals surface area contributed by atoms with Gasteiger partial charge >= 0.3 is 0 Å². The summed E-state index contributed by atoms with van der Waals surface area (Å²) in [5.41, 5.74) is 1.14. The third-order valence-corrected chi connectivity index (χ3v) is 2.79. The van der Waals surface area contributed by atoms with E-state index in [0.29, 0.717) is 0 Å². The zero-order valence-corrected chi connectivity index (χ0v) is 10.1. The third kappa shape index (κ3) is 2.29. The number of hydrogen-bond donors (Lipinski definition) is 1. The zero-order valence-electron chi connectivity index (χ0n) is 9.33. The maximum absolute atomic E-state index is 5.87. The molecule has 1 heterocycles. The molecule has 1 atom stereocenters. The number of benzene rings is 1. The lowest BCUT2D eigenvalue weighted by Gasteiger charge is -2.14. The molecule has 0 aliphatic heterocycles. The number of halogens is 1. The van der Waals surface area contributed by atoms with E-state index in [9.17, 15) is 0 Å². The van der Waals surface area contributed by atoms with Crippen LogP contribution < -0.4 is 5.32 Å². The molecule has 1 unspecified atom stereocenters. The van der Waals surface area contributed by atoms with E-state index in [4.69, 9.17) is 16.0 Å². The van der Waals surface area contributed by atoms with Gasteiger partial charge in [0.05, 0.1) is 6.04 Å². The van der Waals surface area contributed by atoms with Crippen molar-refractivity contribution in [3.63, 3.8) is 0 Å². The highest BCUT2D eigenvalue weighted by Crippen LogP contribution is 2.24. The average Bonchev–Trinajstić information content (AvgIpc) is 2.69. The molecule has 0 aliphatic rings. The Morgan fingerprint density at radius 1 is 1.12 bits per heavy atom. The molecule has 3 heteroatoms. The summed E-state index contributed by atoms with van der Waals surface area (Å²) >= 11 is 5.87. The van der Waals surface area contributed by atoms with Crippen LogP contribution in [0, 0.1) is 6.92 Å². The van der Waals surface area contributed by atoms with Crippen molar-refractivity contribution in [3.05, 3.63) is 58.5 Å². The van der Waals surface area contributed by atoms with Crippen LogP contribution in [0.2, 0.25) is 5.02 Å². The maximum atomic E-state index is 5.87. The van der Waals surface area contributed by atoms with Gasteiger partial charge in [-0.2, -0.15) is 0 Å². The van der Waals surface area contributed by atoms with Crippen molar-refractivity contribution in [3.8, 4) is 0 Å². The molecule has 0 saturated carbocycles. The Balaban J connectivity index is 2.32. The third-order valence-electron chi connectivity index (χ3n) is 2.54. The fourth-order valence-electron chi connectivity index (χ4n) is 1.74. The van der Waals surface area contributed by atoms with Crippen molar-refractivity contribution < 1.29 is 4.42 Å². The first kappa shape index (κ1) is 11.2. The molecule has 0 spiro atoms. The van der Waals surface area contributed by atoms with Crippen molar-refractivity contribution in [2.24, 2.45) is 0 Å². The van der Waals surface area contributed by atoms with Gasteiger partial charge < -0.3 is 9.73 Å². The first-order valence-electron chi connectivity index (χ1n) is 5.20. The standard InChI is InChI=1S/C13H14ClNO/c1-9-3-8-12(16-9)13(15-2)10-4-6-11(14)7-5-10/h3-8,13,15H,1-2H3. The van der Waals surface area contributed by atoms with Gasteiger partial charge in [-0.1, -0.05) is 23.7 Å². The van der Waals surface area contributed by atoms with Crippen LogP contribution in [0.1, 0.15) is 23.1 Å². The van der Waals surface area contributed by atoms with Crippen LogP contribution in [0.25, 0.3) is 0 Å². The van der Waals surface area contributed by atoms with Crippen molar-refractivity contribution in [2.75, 3.05) is 7.05 Å². The summed E-state index contributed by atoms with van der Waals surface area (Å²) in [5, 5.41) is 3.98. The topological polar surface area (TPSA) is 25.2 Å². The Morgan fingerprint density at radius 3 is 2.31 bits per heavy atom. The molecule has 1 N–H and O–H groups in total. The number of furan rings is 1. The molecule has 0 radical (unpaired) electrons. The molecule has 16 heavy (non-hydrogen) atoms. The zero-order chi connectivity index (χ0) is 11.5. The van der Waals surface area contributed by atoms with Crippen LogP contribution >= 0.6 is 11.6 Å². The molecule has 84 valence electrons. The SMILES string of the molecule is CNC(c1ccc(Cl)cc1)c1ccc(C)o1. The normalized spacial score (nSPS) is 12.7. The molecule has 2 nitrogen and oxygen atoms in total. The molecule has 0 fully saturated rings. The molecule has 0 aliphatic carbocycles. The Morgan fingerprint density at radius 2 is 1.81 bits per heavy atom. The second kappa shape index (κ2) is 4.73. The van der Waals surface area contributed by atoms with E-state index in [1.54, 1.807) is 0 Å². The fraction of sp³-hybridized carbons (Fsp3) is 0.231. The van der Waals surface area contributed by atoms with E-state index in [2.05, 4.69) is 5.32 Å². The van der Waals surface area contributed by atoms with Gasteiger partial charge in [0.2, 0.25) is 0 Å². The summed E-state index contributed by atoms with van der Waals surface area (Å²) in [7, 11) is 1.91. The summed E-state index contributed by atoms with van der Waals surface area (Å²) in [6.45, 7) is 1.94. The van der Waals surface area contributed by atoms with Crippen molar-refractivity contribution >= 4 is 11.6 Å². The molecule has 0 saturated heterocycles. The first-order chi connectivity index (χ1) is 7.70. The highest BCUT2D eigenvalue weighted by atomic mass is 35.5. The van der Waals surface area contributed by atoms with E-state index >= 15 is 0 Å². The maximum Gasteiger partial charge on any atom is 0.125 e. The molecular weight excluding hydrogens is 222 g/mol. The van der Waals surface area contributed by atoms with Crippen LogP contribution in [-0.2, 0) is 0 Å². The van der Waals surface area contributed by atoms with Crippen molar-refractivity contribution in [2.45, 2.75) is 13.0 Å². The number of hydrogen-bond acceptors (Lipinski definition) is 2. The number of rotatable bonds is 3. The van der Waals surface area contributed by atoms with Gasteiger partial charge in [-0.05, 0) is 43.8 Å². The van der Waals surface area contributed by atoms with Crippen LogP contribution in [0.4, 0.5) is 0 Å². The van der Waals surface area contributed by atoms with Gasteiger partial charge in [0.1, 0.15) is 11.5 Å². The Labute approximate surface area is 100 Å². The van der Waals surface area contributed by atoms with Gasteiger partial charge in [0.25, 0.3) is 0 Å². The lowest BCUT2D eigenvalue weighted by atomic mass is 10.1. The molecule has 1 aromatic heterocycles. The molecule has 2 rings (SSSR count). The number of nitrogens with one attached hydrogen (secondary N) is 1. The van der Waals surface area contributed by atoms with Crippen LogP contribution in [0.3, 0.4) is 0 Å². The minimum absolute atomic E-state index is 0.0750. The van der Waals surface area contributed by atoms with Crippen molar-refractivity contribution in [1.82, 2.24) is 5.32 Å². The van der Waals surface area contributed by atoms with E-state index in [0.717, 1.165) is 22.1 Å². The van der Waals surface area contributed by atoms with Crippen molar-refractivity contribution in [1.29, 1.82) is 0 Å².